The third-order valence-corrected chi connectivity index (χ3v) is 6.26. The van der Waals surface area contributed by atoms with Crippen molar-refractivity contribution >= 4 is 45.9 Å². The van der Waals surface area contributed by atoms with E-state index in [1.54, 1.807) is 63.4 Å². The molecule has 212 valence electrons. The quantitative estimate of drug-likeness (QED) is 0.198. The normalized spacial score (nSPS) is 11.7. The fraction of sp³-hybridized carbons (Fsp3) is 0.258. The first-order valence-corrected chi connectivity index (χ1v) is 13.0. The van der Waals surface area contributed by atoms with E-state index in [1.807, 2.05) is 12.1 Å². The molecule has 4 rings (SSSR count). The SMILES string of the molecule is CC(C)(C)OC(=O)n1ccc2ccc(NC(=O)c3cc([N+](=O)[O-])ccc3NC(=O)c3ccc(C(C)(C)C)cc3)cc21. The minimum Gasteiger partial charge on any atom is -0.443 e. The molecular formula is C31H32N4O6. The number of benzene rings is 3. The molecule has 2 N–H and O–H groups in total. The number of rotatable bonds is 5. The van der Waals surface area contributed by atoms with E-state index in [0.29, 0.717) is 16.8 Å². The number of non-ortho nitro benzene ring substituents is 1. The van der Waals surface area contributed by atoms with E-state index < -0.39 is 28.4 Å². The fourth-order valence-corrected chi connectivity index (χ4v) is 4.13. The molecule has 41 heavy (non-hydrogen) atoms. The van der Waals surface area contributed by atoms with E-state index in [0.717, 1.165) is 17.0 Å². The molecule has 3 aromatic carbocycles. The number of aromatic nitrogens is 1. The Labute approximate surface area is 237 Å². The van der Waals surface area contributed by atoms with E-state index in [-0.39, 0.29) is 22.4 Å². The van der Waals surface area contributed by atoms with E-state index in [2.05, 4.69) is 31.4 Å². The highest BCUT2D eigenvalue weighted by Crippen LogP contribution is 2.27. The van der Waals surface area contributed by atoms with Gasteiger partial charge >= 0.3 is 6.09 Å². The summed E-state index contributed by atoms with van der Waals surface area (Å²) in [4.78, 5) is 49.9. The van der Waals surface area contributed by atoms with Gasteiger partial charge in [-0.3, -0.25) is 24.3 Å². The summed E-state index contributed by atoms with van der Waals surface area (Å²) in [6.45, 7) is 11.5. The summed E-state index contributed by atoms with van der Waals surface area (Å²) in [6, 6.07) is 17.5. The highest BCUT2D eigenvalue weighted by atomic mass is 16.6. The highest BCUT2D eigenvalue weighted by Gasteiger charge is 2.22. The van der Waals surface area contributed by atoms with Gasteiger partial charge in [0, 0.05) is 35.0 Å². The van der Waals surface area contributed by atoms with Crippen LogP contribution in [0.3, 0.4) is 0 Å². The molecule has 2 amide bonds. The Balaban J connectivity index is 1.62. The number of anilines is 2. The lowest BCUT2D eigenvalue weighted by molar-refractivity contribution is -0.384. The number of nitrogens with one attached hydrogen (secondary N) is 2. The maximum absolute atomic E-state index is 13.4. The van der Waals surface area contributed by atoms with Crippen molar-refractivity contribution in [3.8, 4) is 0 Å². The van der Waals surface area contributed by atoms with Crippen molar-refractivity contribution in [3.63, 3.8) is 0 Å². The minimum atomic E-state index is -0.697. The first-order valence-electron chi connectivity index (χ1n) is 13.0. The monoisotopic (exact) mass is 556 g/mol. The van der Waals surface area contributed by atoms with Gasteiger partial charge in [0.25, 0.3) is 17.5 Å². The molecule has 0 saturated carbocycles. The van der Waals surface area contributed by atoms with Crippen LogP contribution in [0.25, 0.3) is 10.9 Å². The second-order valence-corrected chi connectivity index (χ2v) is 11.7. The van der Waals surface area contributed by atoms with Crippen molar-refractivity contribution < 1.29 is 24.0 Å². The van der Waals surface area contributed by atoms with Crippen LogP contribution < -0.4 is 10.6 Å². The molecule has 0 radical (unpaired) electrons. The zero-order chi connectivity index (χ0) is 30.1. The summed E-state index contributed by atoms with van der Waals surface area (Å²) in [5.41, 5.74) is 1.19. The predicted molar refractivity (Wildman–Crippen MR) is 158 cm³/mol. The lowest BCUT2D eigenvalue weighted by atomic mass is 9.86. The standard InChI is InChI=1S/C31H32N4O6/c1-30(2,3)21-10-7-20(8-11-21)27(36)33-25-14-13-23(35(39)40)18-24(25)28(37)32-22-12-9-19-15-16-34(26(19)17-22)29(38)41-31(4,5)6/h7-18H,1-6H3,(H,32,37)(H,33,36). The number of ether oxygens (including phenoxy) is 1. The molecule has 0 spiro atoms. The van der Waals surface area contributed by atoms with Crippen molar-refractivity contribution in [1.82, 2.24) is 4.57 Å². The average Bonchev–Trinajstić information content (AvgIpc) is 3.31. The summed E-state index contributed by atoms with van der Waals surface area (Å²) in [7, 11) is 0. The largest absolute Gasteiger partial charge is 0.443 e. The zero-order valence-corrected chi connectivity index (χ0v) is 23.8. The Bertz CT molecular complexity index is 1660. The predicted octanol–water partition coefficient (Wildman–Crippen LogP) is 7.13. The van der Waals surface area contributed by atoms with Gasteiger partial charge in [-0.2, -0.15) is 0 Å². The van der Waals surface area contributed by atoms with Gasteiger partial charge in [0.1, 0.15) is 5.60 Å². The van der Waals surface area contributed by atoms with Crippen LogP contribution in [0, 0.1) is 10.1 Å². The van der Waals surface area contributed by atoms with Crippen LogP contribution in [-0.4, -0.2) is 33.0 Å². The van der Waals surface area contributed by atoms with Crippen LogP contribution >= 0.6 is 0 Å². The molecule has 0 atom stereocenters. The molecule has 10 nitrogen and oxygen atoms in total. The van der Waals surface area contributed by atoms with E-state index in [4.69, 9.17) is 4.74 Å². The molecule has 0 aliphatic heterocycles. The summed E-state index contributed by atoms with van der Waals surface area (Å²) in [5.74, 6) is -1.15. The van der Waals surface area contributed by atoms with Crippen LogP contribution in [0.1, 0.15) is 67.8 Å². The lowest BCUT2D eigenvalue weighted by Gasteiger charge is -2.20. The van der Waals surface area contributed by atoms with Crippen molar-refractivity contribution in [2.45, 2.75) is 52.6 Å². The minimum absolute atomic E-state index is 0.0871. The summed E-state index contributed by atoms with van der Waals surface area (Å²) in [5, 5.41) is 17.6. The van der Waals surface area contributed by atoms with Crippen molar-refractivity contribution in [1.29, 1.82) is 0 Å². The first kappa shape index (κ1) is 29.0. The zero-order valence-electron chi connectivity index (χ0n) is 23.8. The van der Waals surface area contributed by atoms with Crippen LogP contribution in [0.2, 0.25) is 0 Å². The third kappa shape index (κ3) is 6.78. The third-order valence-electron chi connectivity index (χ3n) is 6.26. The Morgan fingerprint density at radius 2 is 1.51 bits per heavy atom. The molecule has 4 aromatic rings. The second kappa shape index (κ2) is 10.9. The molecule has 0 fully saturated rings. The summed E-state index contributed by atoms with van der Waals surface area (Å²) in [6.07, 6.45) is 1.00. The lowest BCUT2D eigenvalue weighted by Crippen LogP contribution is -2.26. The average molecular weight is 557 g/mol. The van der Waals surface area contributed by atoms with Gasteiger partial charge in [-0.15, -0.1) is 0 Å². The number of carbonyl (C=O) groups excluding carboxylic acids is 3. The smallest absolute Gasteiger partial charge is 0.418 e. The second-order valence-electron chi connectivity index (χ2n) is 11.7. The van der Waals surface area contributed by atoms with Gasteiger partial charge in [-0.25, -0.2) is 4.79 Å². The number of nitro benzene ring substituents is 1. The molecule has 0 aliphatic rings. The molecule has 0 unspecified atom stereocenters. The molecule has 10 heteroatoms. The van der Waals surface area contributed by atoms with Gasteiger partial charge in [0.2, 0.25) is 0 Å². The van der Waals surface area contributed by atoms with Gasteiger partial charge in [-0.1, -0.05) is 39.0 Å². The van der Waals surface area contributed by atoms with Crippen LogP contribution in [0.4, 0.5) is 21.9 Å². The number of nitrogens with zero attached hydrogens (tertiary/aromatic N) is 2. The van der Waals surface area contributed by atoms with Gasteiger partial charge in [-0.05, 0) is 68.1 Å². The Morgan fingerprint density at radius 1 is 0.829 bits per heavy atom. The van der Waals surface area contributed by atoms with Crippen molar-refractivity contribution in [2.75, 3.05) is 10.6 Å². The molecule has 1 aromatic heterocycles. The Kier molecular flexibility index (Phi) is 7.70. The van der Waals surface area contributed by atoms with Crippen LogP contribution in [0.15, 0.2) is 72.9 Å². The molecule has 0 saturated heterocycles. The van der Waals surface area contributed by atoms with Crippen molar-refractivity contribution in [2.24, 2.45) is 0 Å². The molecule has 1 heterocycles. The van der Waals surface area contributed by atoms with Crippen molar-refractivity contribution in [3.05, 3.63) is 99.7 Å². The summed E-state index contributed by atoms with van der Waals surface area (Å²) >= 11 is 0. The highest BCUT2D eigenvalue weighted by molar-refractivity contribution is 6.13. The molecule has 0 aliphatic carbocycles. The molecule has 0 bridgehead atoms. The Hall–Kier alpha value is -4.99. The number of amides is 2. The summed E-state index contributed by atoms with van der Waals surface area (Å²) < 4.78 is 6.79. The number of nitro groups is 1. The topological polar surface area (TPSA) is 133 Å². The van der Waals surface area contributed by atoms with E-state index in [1.165, 1.54) is 16.7 Å². The fourth-order valence-electron chi connectivity index (χ4n) is 4.13. The van der Waals surface area contributed by atoms with Crippen LogP contribution in [0.5, 0.6) is 0 Å². The maximum atomic E-state index is 13.4. The van der Waals surface area contributed by atoms with Crippen LogP contribution in [-0.2, 0) is 10.2 Å². The number of fused-ring (bicyclic) bond motifs is 1. The maximum Gasteiger partial charge on any atom is 0.418 e. The Morgan fingerprint density at radius 3 is 2.12 bits per heavy atom. The number of hydrogen-bond acceptors (Lipinski definition) is 6. The van der Waals surface area contributed by atoms with Gasteiger partial charge < -0.3 is 15.4 Å². The van der Waals surface area contributed by atoms with E-state index >= 15 is 0 Å². The molecular weight excluding hydrogens is 524 g/mol. The number of hydrogen-bond donors (Lipinski definition) is 2. The van der Waals surface area contributed by atoms with E-state index in [9.17, 15) is 24.5 Å². The first-order chi connectivity index (χ1) is 19.1. The van der Waals surface area contributed by atoms with Gasteiger partial charge in [0.15, 0.2) is 0 Å². The number of carbonyl (C=O) groups is 3. The van der Waals surface area contributed by atoms with Gasteiger partial charge in [0.05, 0.1) is 21.7 Å².